The largest absolute Gasteiger partial charge is 0.496 e. The molecule has 0 unspecified atom stereocenters. The fourth-order valence-corrected chi connectivity index (χ4v) is 1.93. The standard InChI is InChI=1S/C16H17O2/c1-17-15-9-5-3-7-13(15)11-12-14-8-4-6-10-16(14)18-2/h3-11H,12H2,1-2H3. The summed E-state index contributed by atoms with van der Waals surface area (Å²) < 4.78 is 10.7. The highest BCUT2D eigenvalue weighted by Gasteiger charge is 2.05. The van der Waals surface area contributed by atoms with E-state index in [4.69, 9.17) is 9.47 Å². The van der Waals surface area contributed by atoms with Gasteiger partial charge in [-0.1, -0.05) is 36.4 Å². The van der Waals surface area contributed by atoms with E-state index in [0.717, 1.165) is 23.5 Å². The van der Waals surface area contributed by atoms with Gasteiger partial charge in [0.1, 0.15) is 11.5 Å². The number of hydrogen-bond donors (Lipinski definition) is 0. The SMILES string of the molecule is COc1ccccc1[CH]Cc1ccccc1OC. The smallest absolute Gasteiger partial charge is 0.122 e. The van der Waals surface area contributed by atoms with E-state index in [2.05, 4.69) is 12.5 Å². The molecule has 0 N–H and O–H groups in total. The molecule has 0 saturated heterocycles. The zero-order valence-corrected chi connectivity index (χ0v) is 10.7. The van der Waals surface area contributed by atoms with Crippen LogP contribution in [0.1, 0.15) is 11.1 Å². The lowest BCUT2D eigenvalue weighted by Gasteiger charge is -2.10. The third-order valence-corrected chi connectivity index (χ3v) is 2.87. The Kier molecular flexibility index (Phi) is 4.24. The molecule has 2 heteroatoms. The fraction of sp³-hybridized carbons (Fsp3) is 0.188. The van der Waals surface area contributed by atoms with Crippen molar-refractivity contribution in [2.24, 2.45) is 0 Å². The van der Waals surface area contributed by atoms with Crippen LogP contribution in [-0.4, -0.2) is 14.2 Å². The maximum absolute atomic E-state index is 5.34. The molecule has 2 nitrogen and oxygen atoms in total. The molecule has 1 radical (unpaired) electrons. The first-order chi connectivity index (χ1) is 8.85. The van der Waals surface area contributed by atoms with Crippen LogP contribution in [0.25, 0.3) is 0 Å². The normalized spacial score (nSPS) is 10.1. The Labute approximate surface area is 108 Å². The van der Waals surface area contributed by atoms with E-state index < -0.39 is 0 Å². The molecule has 18 heavy (non-hydrogen) atoms. The van der Waals surface area contributed by atoms with Crippen molar-refractivity contribution in [3.8, 4) is 11.5 Å². The van der Waals surface area contributed by atoms with Gasteiger partial charge in [0.05, 0.1) is 14.2 Å². The van der Waals surface area contributed by atoms with Gasteiger partial charge in [-0.05, 0) is 36.1 Å². The van der Waals surface area contributed by atoms with Crippen LogP contribution in [0, 0.1) is 6.42 Å². The van der Waals surface area contributed by atoms with E-state index in [1.165, 1.54) is 5.56 Å². The number of rotatable bonds is 5. The molecule has 0 aliphatic rings. The first-order valence-corrected chi connectivity index (χ1v) is 5.93. The van der Waals surface area contributed by atoms with Crippen molar-refractivity contribution in [1.29, 1.82) is 0 Å². The summed E-state index contributed by atoms with van der Waals surface area (Å²) in [5.74, 6) is 1.82. The molecule has 0 aliphatic heterocycles. The van der Waals surface area contributed by atoms with Gasteiger partial charge in [-0.2, -0.15) is 0 Å². The van der Waals surface area contributed by atoms with Crippen molar-refractivity contribution >= 4 is 0 Å². The minimum Gasteiger partial charge on any atom is -0.496 e. The van der Waals surface area contributed by atoms with Gasteiger partial charge in [-0.3, -0.25) is 0 Å². The molecule has 0 saturated carbocycles. The number of ether oxygens (including phenoxy) is 2. The molecule has 2 aromatic carbocycles. The maximum atomic E-state index is 5.34. The number of benzene rings is 2. The molecule has 93 valence electrons. The minimum atomic E-state index is 0.824. The Morgan fingerprint density at radius 3 is 2.17 bits per heavy atom. The summed E-state index contributed by atoms with van der Waals surface area (Å²) in [4.78, 5) is 0. The van der Waals surface area contributed by atoms with Gasteiger partial charge >= 0.3 is 0 Å². The topological polar surface area (TPSA) is 18.5 Å². The molecule has 0 spiro atoms. The lowest BCUT2D eigenvalue weighted by Crippen LogP contribution is -1.95. The number of methoxy groups -OCH3 is 2. The van der Waals surface area contributed by atoms with Crippen molar-refractivity contribution in [2.75, 3.05) is 14.2 Å². The predicted octanol–water partition coefficient (Wildman–Crippen LogP) is 3.50. The molecule has 0 amide bonds. The summed E-state index contributed by atoms with van der Waals surface area (Å²) in [6.07, 6.45) is 2.97. The van der Waals surface area contributed by atoms with Crippen molar-refractivity contribution in [3.63, 3.8) is 0 Å². The van der Waals surface area contributed by atoms with Gasteiger partial charge in [0.25, 0.3) is 0 Å². The molecule has 0 bridgehead atoms. The number of para-hydroxylation sites is 2. The highest BCUT2D eigenvalue weighted by molar-refractivity contribution is 5.42. The number of hydrogen-bond acceptors (Lipinski definition) is 2. The molecular weight excluding hydrogens is 224 g/mol. The first kappa shape index (κ1) is 12.5. The summed E-state index contributed by atoms with van der Waals surface area (Å²) in [6, 6.07) is 16.0. The van der Waals surface area contributed by atoms with Crippen LogP contribution in [0.3, 0.4) is 0 Å². The second-order valence-electron chi connectivity index (χ2n) is 3.96. The van der Waals surface area contributed by atoms with E-state index in [-0.39, 0.29) is 0 Å². The van der Waals surface area contributed by atoms with Crippen LogP contribution >= 0.6 is 0 Å². The van der Waals surface area contributed by atoms with E-state index in [0.29, 0.717) is 0 Å². The highest BCUT2D eigenvalue weighted by atomic mass is 16.5. The van der Waals surface area contributed by atoms with Gasteiger partial charge in [0.15, 0.2) is 0 Å². The van der Waals surface area contributed by atoms with Crippen LogP contribution in [-0.2, 0) is 6.42 Å². The lowest BCUT2D eigenvalue weighted by atomic mass is 10.0. The van der Waals surface area contributed by atoms with Crippen molar-refractivity contribution < 1.29 is 9.47 Å². The second-order valence-corrected chi connectivity index (χ2v) is 3.96. The van der Waals surface area contributed by atoms with Gasteiger partial charge < -0.3 is 9.47 Å². The summed E-state index contributed by atoms with van der Waals surface area (Å²) in [6.45, 7) is 0. The van der Waals surface area contributed by atoms with Gasteiger partial charge in [-0.25, -0.2) is 0 Å². The summed E-state index contributed by atoms with van der Waals surface area (Å²) >= 11 is 0. The Morgan fingerprint density at radius 2 is 1.44 bits per heavy atom. The van der Waals surface area contributed by atoms with Gasteiger partial charge in [-0.15, -0.1) is 0 Å². The third-order valence-electron chi connectivity index (χ3n) is 2.87. The lowest BCUT2D eigenvalue weighted by molar-refractivity contribution is 0.409. The van der Waals surface area contributed by atoms with E-state index in [1.807, 2.05) is 42.5 Å². The summed E-state index contributed by atoms with van der Waals surface area (Å²) in [7, 11) is 3.39. The maximum Gasteiger partial charge on any atom is 0.122 e. The molecule has 0 heterocycles. The van der Waals surface area contributed by atoms with Crippen molar-refractivity contribution in [3.05, 3.63) is 66.1 Å². The average molecular weight is 241 g/mol. The average Bonchev–Trinajstić information content (AvgIpc) is 2.45. The van der Waals surface area contributed by atoms with Crippen LogP contribution in [0.4, 0.5) is 0 Å². The Morgan fingerprint density at radius 1 is 0.833 bits per heavy atom. The van der Waals surface area contributed by atoms with Crippen LogP contribution in [0.5, 0.6) is 11.5 Å². The Balaban J connectivity index is 2.11. The first-order valence-electron chi connectivity index (χ1n) is 5.93. The zero-order valence-electron chi connectivity index (χ0n) is 10.7. The molecular formula is C16H17O2. The molecule has 0 fully saturated rings. The van der Waals surface area contributed by atoms with E-state index >= 15 is 0 Å². The van der Waals surface area contributed by atoms with E-state index in [1.54, 1.807) is 14.2 Å². The van der Waals surface area contributed by atoms with Crippen LogP contribution in [0.15, 0.2) is 48.5 Å². The van der Waals surface area contributed by atoms with Crippen LogP contribution in [0.2, 0.25) is 0 Å². The van der Waals surface area contributed by atoms with Crippen molar-refractivity contribution in [1.82, 2.24) is 0 Å². The molecule has 0 atom stereocenters. The highest BCUT2D eigenvalue weighted by Crippen LogP contribution is 2.24. The second kappa shape index (κ2) is 6.10. The van der Waals surface area contributed by atoms with E-state index in [9.17, 15) is 0 Å². The third kappa shape index (κ3) is 2.83. The minimum absolute atomic E-state index is 0.824. The van der Waals surface area contributed by atoms with Gasteiger partial charge in [0.2, 0.25) is 0 Å². The summed E-state index contributed by atoms with van der Waals surface area (Å²) in [5, 5.41) is 0. The Hall–Kier alpha value is -1.96. The van der Waals surface area contributed by atoms with Crippen molar-refractivity contribution in [2.45, 2.75) is 6.42 Å². The monoisotopic (exact) mass is 241 g/mol. The zero-order chi connectivity index (χ0) is 12.8. The Bertz CT molecular complexity index is 458. The molecule has 0 aliphatic carbocycles. The van der Waals surface area contributed by atoms with Crippen LogP contribution < -0.4 is 9.47 Å². The molecule has 0 aromatic heterocycles. The summed E-state index contributed by atoms with van der Waals surface area (Å²) in [5.41, 5.74) is 2.27. The molecule has 2 rings (SSSR count). The predicted molar refractivity (Wildman–Crippen MR) is 73.1 cm³/mol. The van der Waals surface area contributed by atoms with Gasteiger partial charge in [0, 0.05) is 0 Å². The quantitative estimate of drug-likeness (QED) is 0.797. The molecule has 2 aromatic rings. The fourth-order valence-electron chi connectivity index (χ4n) is 1.93.